The number of aryl methyl sites for hydroxylation is 1. The number of benzene rings is 1. The highest BCUT2D eigenvalue weighted by molar-refractivity contribution is 9.10. The summed E-state index contributed by atoms with van der Waals surface area (Å²) in [6.45, 7) is 6.41. The first-order valence-electron chi connectivity index (χ1n) is 6.87. The second-order valence-corrected chi connectivity index (χ2v) is 7.39. The van der Waals surface area contributed by atoms with E-state index < -0.39 is 0 Å². The number of rotatable bonds is 1. The monoisotopic (exact) mass is 331 g/mol. The Morgan fingerprint density at radius 3 is 2.65 bits per heavy atom. The van der Waals surface area contributed by atoms with Crippen molar-refractivity contribution >= 4 is 21.7 Å². The van der Waals surface area contributed by atoms with Gasteiger partial charge < -0.3 is 4.57 Å². The van der Waals surface area contributed by atoms with Crippen LogP contribution in [0.1, 0.15) is 41.9 Å². The number of Topliss-reactive ketones (excluding diaryl/α,β-unsaturated/α-hetero) is 1. The molecule has 0 N–H and O–H groups in total. The van der Waals surface area contributed by atoms with E-state index in [4.69, 9.17) is 0 Å². The molecule has 2 aromatic rings. The van der Waals surface area contributed by atoms with Crippen LogP contribution in [0.15, 0.2) is 34.9 Å². The van der Waals surface area contributed by atoms with E-state index in [2.05, 4.69) is 59.5 Å². The van der Waals surface area contributed by atoms with Crippen molar-refractivity contribution in [2.75, 3.05) is 0 Å². The highest BCUT2D eigenvalue weighted by Gasteiger charge is 2.33. The molecule has 0 radical (unpaired) electrons. The lowest BCUT2D eigenvalue weighted by Crippen LogP contribution is -2.27. The SMILES string of the molecule is Cc1cc(Br)cc(-n2ccc3c2CC(C)(C)CC3=O)c1. The minimum Gasteiger partial charge on any atom is -0.320 e. The van der Waals surface area contributed by atoms with Crippen molar-refractivity contribution in [3.8, 4) is 5.69 Å². The molecule has 0 amide bonds. The van der Waals surface area contributed by atoms with Crippen LogP contribution in [-0.4, -0.2) is 10.4 Å². The lowest BCUT2D eigenvalue weighted by molar-refractivity contribution is 0.0911. The largest absolute Gasteiger partial charge is 0.320 e. The number of carbonyl (C=O) groups is 1. The Bertz CT molecular complexity index is 677. The van der Waals surface area contributed by atoms with Gasteiger partial charge in [-0.3, -0.25) is 4.79 Å². The third kappa shape index (κ3) is 2.35. The standard InChI is InChI=1S/C17H18BrNO/c1-11-6-12(18)8-13(7-11)19-5-4-14-15(19)9-17(2,3)10-16(14)20/h4-8H,9-10H2,1-3H3. The predicted octanol–water partition coefficient (Wildman–Crippen LogP) is 4.70. The molecule has 0 bridgehead atoms. The summed E-state index contributed by atoms with van der Waals surface area (Å²) in [5.74, 6) is 0.265. The van der Waals surface area contributed by atoms with Crippen LogP contribution in [0.4, 0.5) is 0 Å². The maximum absolute atomic E-state index is 12.3. The number of ketones is 1. The summed E-state index contributed by atoms with van der Waals surface area (Å²) < 4.78 is 3.22. The second kappa shape index (κ2) is 4.59. The van der Waals surface area contributed by atoms with Crippen LogP contribution in [0.5, 0.6) is 0 Å². The first kappa shape index (κ1) is 13.6. The van der Waals surface area contributed by atoms with Gasteiger partial charge in [0.15, 0.2) is 5.78 Å². The van der Waals surface area contributed by atoms with Crippen LogP contribution in [0.2, 0.25) is 0 Å². The number of aromatic nitrogens is 1. The molecule has 0 spiro atoms. The number of fused-ring (bicyclic) bond motifs is 1. The topological polar surface area (TPSA) is 22.0 Å². The van der Waals surface area contributed by atoms with Crippen LogP contribution >= 0.6 is 15.9 Å². The van der Waals surface area contributed by atoms with Crippen molar-refractivity contribution in [3.63, 3.8) is 0 Å². The molecule has 0 saturated carbocycles. The summed E-state index contributed by atoms with van der Waals surface area (Å²) in [6.07, 6.45) is 3.60. The summed E-state index contributed by atoms with van der Waals surface area (Å²) in [5, 5.41) is 0. The third-order valence-corrected chi connectivity index (χ3v) is 4.34. The minimum atomic E-state index is 0.0429. The van der Waals surface area contributed by atoms with E-state index in [1.807, 2.05) is 12.3 Å². The van der Waals surface area contributed by atoms with E-state index >= 15 is 0 Å². The van der Waals surface area contributed by atoms with Gasteiger partial charge in [-0.05, 0) is 48.6 Å². The molecule has 1 aromatic heterocycles. The summed E-state index contributed by atoms with van der Waals surface area (Å²) >= 11 is 3.55. The highest BCUT2D eigenvalue weighted by Crippen LogP contribution is 2.36. The van der Waals surface area contributed by atoms with E-state index in [0.717, 1.165) is 27.8 Å². The fourth-order valence-electron chi connectivity index (χ4n) is 3.04. The van der Waals surface area contributed by atoms with E-state index in [1.54, 1.807) is 0 Å². The number of hydrogen-bond donors (Lipinski definition) is 0. The fourth-order valence-corrected chi connectivity index (χ4v) is 3.64. The van der Waals surface area contributed by atoms with Crippen LogP contribution < -0.4 is 0 Å². The molecule has 0 fully saturated rings. The van der Waals surface area contributed by atoms with Crippen molar-refractivity contribution in [2.24, 2.45) is 5.41 Å². The Morgan fingerprint density at radius 2 is 1.95 bits per heavy atom. The molecule has 1 aromatic carbocycles. The van der Waals surface area contributed by atoms with E-state index in [0.29, 0.717) is 6.42 Å². The molecule has 104 valence electrons. The molecule has 3 heteroatoms. The van der Waals surface area contributed by atoms with Crippen LogP contribution in [0.3, 0.4) is 0 Å². The number of carbonyl (C=O) groups excluding carboxylic acids is 1. The lowest BCUT2D eigenvalue weighted by atomic mass is 9.76. The fraction of sp³-hybridized carbons (Fsp3) is 0.353. The van der Waals surface area contributed by atoms with E-state index in [1.165, 1.54) is 5.56 Å². The Kier molecular flexibility index (Phi) is 3.13. The predicted molar refractivity (Wildman–Crippen MR) is 84.6 cm³/mol. The van der Waals surface area contributed by atoms with Gasteiger partial charge in [0.25, 0.3) is 0 Å². The highest BCUT2D eigenvalue weighted by atomic mass is 79.9. The zero-order valence-corrected chi connectivity index (χ0v) is 13.6. The van der Waals surface area contributed by atoms with Crippen molar-refractivity contribution < 1.29 is 4.79 Å². The average Bonchev–Trinajstić information content (AvgIpc) is 2.69. The summed E-state index contributed by atoms with van der Waals surface area (Å²) in [6, 6.07) is 8.30. The van der Waals surface area contributed by atoms with Gasteiger partial charge in [-0.2, -0.15) is 0 Å². The van der Waals surface area contributed by atoms with Crippen molar-refractivity contribution in [1.82, 2.24) is 4.57 Å². The van der Waals surface area contributed by atoms with E-state index in [-0.39, 0.29) is 11.2 Å². The van der Waals surface area contributed by atoms with Gasteiger partial charge in [0.05, 0.1) is 0 Å². The molecule has 0 saturated heterocycles. The zero-order valence-electron chi connectivity index (χ0n) is 12.0. The molecule has 3 rings (SSSR count). The Balaban J connectivity index is 2.15. The molecule has 1 aliphatic rings. The molecule has 0 unspecified atom stereocenters. The number of nitrogens with zero attached hydrogens (tertiary/aromatic N) is 1. The van der Waals surface area contributed by atoms with Gasteiger partial charge >= 0.3 is 0 Å². The van der Waals surface area contributed by atoms with Crippen LogP contribution in [0, 0.1) is 12.3 Å². The molecule has 20 heavy (non-hydrogen) atoms. The van der Waals surface area contributed by atoms with Crippen molar-refractivity contribution in [3.05, 3.63) is 51.8 Å². The quantitative estimate of drug-likeness (QED) is 0.742. The average molecular weight is 332 g/mol. The van der Waals surface area contributed by atoms with Crippen molar-refractivity contribution in [2.45, 2.75) is 33.6 Å². The van der Waals surface area contributed by atoms with E-state index in [9.17, 15) is 4.79 Å². The maximum Gasteiger partial charge on any atom is 0.165 e. The van der Waals surface area contributed by atoms with Crippen molar-refractivity contribution in [1.29, 1.82) is 0 Å². The maximum atomic E-state index is 12.3. The normalized spacial score (nSPS) is 17.1. The van der Waals surface area contributed by atoms with Gasteiger partial charge in [0.1, 0.15) is 0 Å². The van der Waals surface area contributed by atoms with Gasteiger partial charge in [-0.25, -0.2) is 0 Å². The molecule has 1 aliphatic carbocycles. The molecule has 2 nitrogen and oxygen atoms in total. The smallest absolute Gasteiger partial charge is 0.165 e. The number of hydrogen-bond acceptors (Lipinski definition) is 1. The Hall–Kier alpha value is -1.35. The molecular formula is C17H18BrNO. The van der Waals surface area contributed by atoms with Gasteiger partial charge in [-0.15, -0.1) is 0 Å². The molecular weight excluding hydrogens is 314 g/mol. The summed E-state index contributed by atoms with van der Waals surface area (Å²) in [5.41, 5.74) is 4.40. The number of halogens is 1. The first-order valence-corrected chi connectivity index (χ1v) is 7.66. The van der Waals surface area contributed by atoms with Crippen LogP contribution in [0.25, 0.3) is 5.69 Å². The summed E-state index contributed by atoms with van der Waals surface area (Å²) in [4.78, 5) is 12.3. The van der Waals surface area contributed by atoms with Crippen LogP contribution in [-0.2, 0) is 6.42 Å². The molecule has 0 atom stereocenters. The second-order valence-electron chi connectivity index (χ2n) is 6.47. The zero-order chi connectivity index (χ0) is 14.5. The molecule has 0 aliphatic heterocycles. The summed E-state index contributed by atoms with van der Waals surface area (Å²) in [7, 11) is 0. The lowest BCUT2D eigenvalue weighted by Gasteiger charge is -2.29. The first-order chi connectivity index (χ1) is 9.35. The van der Waals surface area contributed by atoms with Gasteiger partial charge in [0, 0.05) is 34.0 Å². The Morgan fingerprint density at radius 1 is 1.20 bits per heavy atom. The Labute approximate surface area is 127 Å². The third-order valence-electron chi connectivity index (χ3n) is 3.88. The van der Waals surface area contributed by atoms with Gasteiger partial charge in [0.2, 0.25) is 0 Å². The minimum absolute atomic E-state index is 0.0429. The van der Waals surface area contributed by atoms with Gasteiger partial charge in [-0.1, -0.05) is 29.8 Å². The molecule has 1 heterocycles.